The normalized spacial score (nSPS) is 45.5. The monoisotopic (exact) mass is 682 g/mol. The van der Waals surface area contributed by atoms with Crippen LogP contribution in [0.5, 0.6) is 0 Å². The van der Waals surface area contributed by atoms with Crippen molar-refractivity contribution in [3.05, 3.63) is 56.9 Å². The van der Waals surface area contributed by atoms with Gasteiger partial charge in [-0.2, -0.15) is 0 Å². The summed E-state index contributed by atoms with van der Waals surface area (Å²) < 4.78 is 47.1. The third-order valence-electron chi connectivity index (χ3n) is 11.8. The van der Waals surface area contributed by atoms with Crippen molar-refractivity contribution < 1.29 is 52.5 Å². The highest BCUT2D eigenvalue weighted by Gasteiger charge is 2.75. The second kappa shape index (κ2) is 11.2. The third-order valence-corrected chi connectivity index (χ3v) is 12.8. The number of halogens is 1. The Morgan fingerprint density at radius 3 is 2.60 bits per heavy atom. The lowest BCUT2D eigenvalue weighted by molar-refractivity contribution is -0.219. The van der Waals surface area contributed by atoms with Gasteiger partial charge in [0.25, 0.3) is 5.56 Å². The Morgan fingerprint density at radius 1 is 1.21 bits per heavy atom. The highest BCUT2D eigenvalue weighted by atomic mass is 31.2. The van der Waals surface area contributed by atoms with E-state index in [4.69, 9.17) is 13.8 Å². The number of allylic oxidation sites excluding steroid dienone is 4. The number of fused-ring (bicyclic) bond motifs is 5. The number of aromatic amines is 1. The minimum atomic E-state index is -5.10. The number of aliphatic hydroxyl groups is 3. The maximum Gasteiger partial charge on any atom is 0.473 e. The van der Waals surface area contributed by atoms with E-state index < -0.39 is 102 Å². The lowest BCUT2D eigenvalue weighted by Crippen LogP contribution is -2.69. The Morgan fingerprint density at radius 2 is 1.91 bits per heavy atom. The molecule has 1 saturated heterocycles. The van der Waals surface area contributed by atoms with Gasteiger partial charge in [-0.3, -0.25) is 33.0 Å². The number of phosphoric ester groups is 1. The lowest BCUT2D eigenvalue weighted by Gasteiger charge is -2.62. The average Bonchev–Trinajstić information content (AvgIpc) is 3.37. The predicted octanol–water partition coefficient (Wildman–Crippen LogP) is 1.23. The van der Waals surface area contributed by atoms with Crippen LogP contribution in [0.3, 0.4) is 0 Å². The molecule has 0 bridgehead atoms. The highest BCUT2D eigenvalue weighted by molar-refractivity contribution is 7.47. The van der Waals surface area contributed by atoms with Crippen molar-refractivity contribution in [1.29, 1.82) is 0 Å². The summed E-state index contributed by atoms with van der Waals surface area (Å²) in [5.74, 6) is -3.26. The number of ether oxygens (including phenoxy) is 1. The van der Waals surface area contributed by atoms with Crippen LogP contribution < -0.4 is 11.2 Å². The van der Waals surface area contributed by atoms with E-state index in [1.165, 1.54) is 25.2 Å². The molecule has 4 aliphatic carbocycles. The van der Waals surface area contributed by atoms with Gasteiger partial charge < -0.3 is 24.9 Å². The zero-order valence-electron chi connectivity index (χ0n) is 26.4. The van der Waals surface area contributed by atoms with Gasteiger partial charge in [0.1, 0.15) is 24.4 Å². The van der Waals surface area contributed by atoms with Crippen molar-refractivity contribution in [2.24, 2.45) is 28.6 Å². The van der Waals surface area contributed by atoms with E-state index in [1.807, 2.05) is 4.98 Å². The summed E-state index contributed by atoms with van der Waals surface area (Å²) in [6.45, 7) is 5.25. The summed E-state index contributed by atoms with van der Waals surface area (Å²) in [6, 6.07) is 1.03. The predicted molar refractivity (Wildman–Crippen MR) is 160 cm³/mol. The first-order valence-electron chi connectivity index (χ1n) is 15.7. The highest BCUT2D eigenvalue weighted by Crippen LogP contribution is 2.70. The number of nitrogens with one attached hydrogen (secondary N) is 1. The fraction of sp³-hybridized carbons (Fsp3) is 0.677. The molecule has 0 radical (unpaired) electrons. The van der Waals surface area contributed by atoms with E-state index in [1.54, 1.807) is 20.8 Å². The SMILES string of the molecule is C[C@@H]1C[C@H]2[C@@H]3CCC4=CC(=O)C=C[C@]4(C)[C@@]3(F)[C@@H](O)C[C@]2(C)[C@@]1(O)C(=O)COP(=O)(O)O[C@H]1[C@@H](O)[C@H](n2ccc(=O)[nH]c2=O)O[C@@H]1C. The largest absolute Gasteiger partial charge is 0.473 e. The molecule has 258 valence electrons. The smallest absolute Gasteiger partial charge is 0.390 e. The van der Waals surface area contributed by atoms with E-state index in [9.17, 15) is 44.0 Å². The number of rotatable bonds is 7. The molecule has 47 heavy (non-hydrogen) atoms. The van der Waals surface area contributed by atoms with E-state index >= 15 is 4.39 Å². The minimum absolute atomic E-state index is 0.238. The van der Waals surface area contributed by atoms with Crippen LogP contribution in [0.4, 0.5) is 4.39 Å². The van der Waals surface area contributed by atoms with Gasteiger partial charge in [-0.1, -0.05) is 25.5 Å². The van der Waals surface area contributed by atoms with Gasteiger partial charge in [0, 0.05) is 29.0 Å². The topological polar surface area (TPSA) is 215 Å². The van der Waals surface area contributed by atoms with Crippen molar-refractivity contribution in [2.75, 3.05) is 6.61 Å². The standard InChI is InChI=1S/C31H40FN2O12P/c1-15-11-20-19-6-5-17-12-18(35)7-9-28(17,3)30(19,32)21(36)13-29(20,4)31(15,41)22(37)14-44-47(42,43)46-25-16(2)45-26(24(25)39)34-10-8-23(38)33-27(34)40/h7-10,12,15-16,19-21,24-26,36,39,41H,5-6,11,13-14H2,1-4H3,(H,42,43)(H,33,38,40)/t15-,16-,19+,20+,21+,24-,25-,26-,28+,29+,30+,31+/m1/s1. The molecule has 13 atom stereocenters. The molecule has 1 aromatic rings. The molecule has 1 aliphatic heterocycles. The van der Waals surface area contributed by atoms with Gasteiger partial charge in [0.05, 0.1) is 12.2 Å². The van der Waals surface area contributed by atoms with Crippen LogP contribution in [-0.4, -0.2) is 83.6 Å². The molecular formula is C31H40FN2O12P. The number of alkyl halides is 1. The average molecular weight is 683 g/mol. The molecular weight excluding hydrogens is 642 g/mol. The van der Waals surface area contributed by atoms with Crippen molar-refractivity contribution in [3.63, 3.8) is 0 Å². The first-order chi connectivity index (χ1) is 21.8. The number of ketones is 2. The number of H-pyrrole nitrogens is 1. The van der Waals surface area contributed by atoms with E-state index in [-0.39, 0.29) is 18.6 Å². The van der Waals surface area contributed by atoms with Crippen LogP contribution in [0.1, 0.15) is 59.6 Å². The van der Waals surface area contributed by atoms with Crippen LogP contribution in [0.15, 0.2) is 45.7 Å². The van der Waals surface area contributed by atoms with Crippen LogP contribution in [0, 0.1) is 28.6 Å². The molecule has 2 heterocycles. The van der Waals surface area contributed by atoms with Crippen LogP contribution >= 0.6 is 7.82 Å². The van der Waals surface area contributed by atoms with Crippen molar-refractivity contribution >= 4 is 19.4 Å². The first-order valence-corrected chi connectivity index (χ1v) is 17.2. The molecule has 0 aromatic carbocycles. The van der Waals surface area contributed by atoms with Crippen molar-refractivity contribution in [2.45, 2.75) is 95.3 Å². The van der Waals surface area contributed by atoms with Crippen LogP contribution in [0.25, 0.3) is 0 Å². The molecule has 1 unspecified atom stereocenters. The number of hydrogen-bond acceptors (Lipinski definition) is 11. The molecule has 16 heteroatoms. The van der Waals surface area contributed by atoms with Gasteiger partial charge in [-0.05, 0) is 63.5 Å². The number of phosphoric acid groups is 1. The number of carbonyl (C=O) groups excluding carboxylic acids is 2. The molecule has 0 spiro atoms. The molecule has 1 aromatic heterocycles. The summed E-state index contributed by atoms with van der Waals surface area (Å²) >= 11 is 0. The maximum atomic E-state index is 17.4. The Labute approximate surface area is 268 Å². The number of nitrogens with zero attached hydrogens (tertiary/aromatic N) is 1. The summed E-state index contributed by atoms with van der Waals surface area (Å²) in [5, 5.41) is 34.4. The molecule has 5 N–H and O–H groups in total. The van der Waals surface area contributed by atoms with Crippen LogP contribution in [0.2, 0.25) is 0 Å². The number of carbonyl (C=O) groups is 2. The lowest BCUT2D eigenvalue weighted by atomic mass is 9.44. The number of Topliss-reactive ketones (excluding diaryl/α,β-unsaturated/α-hetero) is 1. The van der Waals surface area contributed by atoms with Gasteiger partial charge >= 0.3 is 13.5 Å². The minimum Gasteiger partial charge on any atom is -0.390 e. The molecule has 0 amide bonds. The van der Waals surface area contributed by atoms with Gasteiger partial charge in [-0.15, -0.1) is 0 Å². The van der Waals surface area contributed by atoms with Gasteiger partial charge in [0.2, 0.25) is 0 Å². The Hall–Kier alpha value is -2.62. The molecule has 3 saturated carbocycles. The van der Waals surface area contributed by atoms with Gasteiger partial charge in [-0.25, -0.2) is 13.8 Å². The van der Waals surface area contributed by atoms with E-state index in [2.05, 4.69) is 0 Å². The summed E-state index contributed by atoms with van der Waals surface area (Å²) in [4.78, 5) is 62.0. The molecule has 6 rings (SSSR count). The quantitative estimate of drug-likeness (QED) is 0.257. The van der Waals surface area contributed by atoms with E-state index in [0.717, 1.165) is 16.8 Å². The Bertz CT molecular complexity index is 1730. The summed E-state index contributed by atoms with van der Waals surface area (Å²) in [7, 11) is -5.10. The van der Waals surface area contributed by atoms with Crippen molar-refractivity contribution in [1.82, 2.24) is 9.55 Å². The first kappa shape index (κ1) is 34.3. The second-order valence-electron chi connectivity index (χ2n) is 14.1. The van der Waals surface area contributed by atoms with Crippen LogP contribution in [-0.2, 0) is 27.9 Å². The summed E-state index contributed by atoms with van der Waals surface area (Å²) in [6.07, 6.45) is -1.22. The molecule has 5 aliphatic rings. The number of aromatic nitrogens is 2. The second-order valence-corrected chi connectivity index (χ2v) is 15.5. The summed E-state index contributed by atoms with van der Waals surface area (Å²) in [5.41, 5.74) is -7.90. The Kier molecular flexibility index (Phi) is 8.17. The van der Waals surface area contributed by atoms with E-state index in [0.29, 0.717) is 18.4 Å². The zero-order chi connectivity index (χ0) is 34.5. The van der Waals surface area contributed by atoms with Crippen molar-refractivity contribution in [3.8, 4) is 0 Å². The molecule has 4 fully saturated rings. The maximum absolute atomic E-state index is 17.4. The molecule has 14 nitrogen and oxygen atoms in total. The fourth-order valence-corrected chi connectivity index (χ4v) is 10.3. The number of aliphatic hydroxyl groups excluding tert-OH is 2. The Balaban J connectivity index is 1.19. The number of hydrogen-bond donors (Lipinski definition) is 5. The third kappa shape index (κ3) is 4.88. The van der Waals surface area contributed by atoms with Gasteiger partial charge in [0.15, 0.2) is 23.5 Å². The zero-order valence-corrected chi connectivity index (χ0v) is 27.3. The fourth-order valence-electron chi connectivity index (χ4n) is 9.40.